The third-order valence-electron chi connectivity index (χ3n) is 8.23. The Labute approximate surface area is 215 Å². The Hall–Kier alpha value is -1.83. The van der Waals surface area contributed by atoms with E-state index in [4.69, 9.17) is 8.83 Å². The molecule has 2 heterocycles. The smallest absolute Gasteiger partial charge is 0.104 e. The fourth-order valence-electron chi connectivity index (χ4n) is 6.10. The molecule has 2 unspecified atom stereocenters. The average Bonchev–Trinajstić information content (AvgIpc) is 3.50. The van der Waals surface area contributed by atoms with Gasteiger partial charge in [-0.05, 0) is 36.4 Å². The number of rotatable bonds is 8. The molecule has 2 nitrogen and oxygen atoms in total. The highest BCUT2D eigenvalue weighted by atomic mass is 28.3. The van der Waals surface area contributed by atoms with Crippen molar-refractivity contribution in [1.82, 2.24) is 0 Å². The van der Waals surface area contributed by atoms with Gasteiger partial charge in [0.25, 0.3) is 0 Å². The van der Waals surface area contributed by atoms with Gasteiger partial charge in [-0.2, -0.15) is 0 Å². The first-order valence-electron chi connectivity index (χ1n) is 13.1. The molecule has 2 aliphatic carbocycles. The monoisotopic (exact) mass is 520 g/mol. The van der Waals surface area contributed by atoms with Crippen LogP contribution in [-0.2, 0) is 12.8 Å². The second-order valence-electron chi connectivity index (χ2n) is 13.2. The van der Waals surface area contributed by atoms with E-state index in [1.165, 1.54) is 33.0 Å². The fourth-order valence-corrected chi connectivity index (χ4v) is 13.0. The van der Waals surface area contributed by atoms with Crippen molar-refractivity contribution >= 4 is 34.6 Å². The van der Waals surface area contributed by atoms with Crippen molar-refractivity contribution in [3.8, 4) is 0 Å². The maximum absolute atomic E-state index is 6.10. The molecule has 188 valence electrons. The van der Waals surface area contributed by atoms with Gasteiger partial charge in [-0.15, -0.1) is 0 Å². The van der Waals surface area contributed by atoms with Gasteiger partial charge >= 0.3 is 0 Å². The molecule has 0 radical (unpaired) electrons. The van der Waals surface area contributed by atoms with Crippen LogP contribution in [0, 0.1) is 11.8 Å². The third-order valence-corrected chi connectivity index (χ3v) is 16.3. The van der Waals surface area contributed by atoms with E-state index in [9.17, 15) is 0 Å². The molecule has 2 aliphatic rings. The molecular weight excluding hydrogens is 477 g/mol. The Kier molecular flexibility index (Phi) is 6.93. The summed E-state index contributed by atoms with van der Waals surface area (Å²) in [6, 6.07) is 4.45. The number of furan rings is 2. The highest BCUT2D eigenvalue weighted by molar-refractivity contribution is 6.91. The standard InChI is InChI=1S/C30H44O2Si3/c1-21-11-13-27(23(21)19-25-29(15-17-31-25)33(3,4)5)35(9,10)28-14-12-22(2)24(28)20-26-30(16-18-32-26)34(6,7)8/h11-18,23-24H,19-20H2,1-10H3. The number of allylic oxidation sites excluding steroid dienone is 8. The first-order valence-corrected chi connectivity index (χ1v) is 23.1. The van der Waals surface area contributed by atoms with Gasteiger partial charge in [-0.25, -0.2) is 0 Å². The van der Waals surface area contributed by atoms with E-state index in [2.05, 4.69) is 103 Å². The zero-order chi connectivity index (χ0) is 25.8. The van der Waals surface area contributed by atoms with E-state index in [-0.39, 0.29) is 0 Å². The van der Waals surface area contributed by atoms with Gasteiger partial charge in [0.05, 0.1) is 28.7 Å². The van der Waals surface area contributed by atoms with Crippen molar-refractivity contribution in [2.24, 2.45) is 11.8 Å². The Balaban J connectivity index is 1.62. The van der Waals surface area contributed by atoms with Crippen molar-refractivity contribution in [2.75, 3.05) is 0 Å². The van der Waals surface area contributed by atoms with Crippen LogP contribution in [0.3, 0.4) is 0 Å². The molecule has 0 bridgehead atoms. The van der Waals surface area contributed by atoms with E-state index in [1.54, 1.807) is 10.4 Å². The molecule has 2 aromatic rings. The second kappa shape index (κ2) is 9.24. The van der Waals surface area contributed by atoms with Gasteiger partial charge < -0.3 is 8.83 Å². The van der Waals surface area contributed by atoms with Crippen LogP contribution in [-0.4, -0.2) is 24.2 Å². The van der Waals surface area contributed by atoms with Crippen molar-refractivity contribution in [3.63, 3.8) is 0 Å². The van der Waals surface area contributed by atoms with Gasteiger partial charge in [0, 0.05) is 24.7 Å². The molecule has 0 aromatic carbocycles. The number of hydrogen-bond acceptors (Lipinski definition) is 2. The van der Waals surface area contributed by atoms with Crippen LogP contribution >= 0.6 is 0 Å². The summed E-state index contributed by atoms with van der Waals surface area (Å²) in [5, 5.41) is 6.25. The van der Waals surface area contributed by atoms with Gasteiger partial charge in [-0.1, -0.05) is 98.2 Å². The molecule has 2 aromatic heterocycles. The van der Waals surface area contributed by atoms with Crippen LogP contribution < -0.4 is 10.4 Å². The van der Waals surface area contributed by atoms with Crippen molar-refractivity contribution in [3.05, 3.63) is 82.0 Å². The van der Waals surface area contributed by atoms with Gasteiger partial charge in [0.15, 0.2) is 0 Å². The molecule has 35 heavy (non-hydrogen) atoms. The summed E-state index contributed by atoms with van der Waals surface area (Å²) in [5.74, 6) is 3.31. The van der Waals surface area contributed by atoms with Gasteiger partial charge in [-0.3, -0.25) is 0 Å². The molecule has 5 heteroatoms. The minimum Gasteiger partial charge on any atom is -0.469 e. The van der Waals surface area contributed by atoms with Crippen LogP contribution in [0.25, 0.3) is 0 Å². The third kappa shape index (κ3) is 5.05. The fraction of sp³-hybridized carbons (Fsp3) is 0.467. The zero-order valence-electron chi connectivity index (χ0n) is 23.5. The highest BCUT2D eigenvalue weighted by Crippen LogP contribution is 2.44. The summed E-state index contributed by atoms with van der Waals surface area (Å²) < 4.78 is 12.2. The van der Waals surface area contributed by atoms with Crippen LogP contribution in [0.1, 0.15) is 25.4 Å². The summed E-state index contributed by atoms with van der Waals surface area (Å²) >= 11 is 0. The SMILES string of the molecule is CC1=CC=C([Si](C)(C)C2=CC=C(C)C2Cc2occc2[Si](C)(C)C)C1Cc1occc1[Si](C)(C)C. The van der Waals surface area contributed by atoms with Crippen LogP contribution in [0.4, 0.5) is 0 Å². The van der Waals surface area contributed by atoms with Gasteiger partial charge in [0.2, 0.25) is 0 Å². The van der Waals surface area contributed by atoms with Crippen LogP contribution in [0.2, 0.25) is 52.4 Å². The molecule has 0 saturated carbocycles. The maximum atomic E-state index is 6.10. The lowest BCUT2D eigenvalue weighted by Crippen LogP contribution is -2.42. The Bertz CT molecular complexity index is 1120. The molecule has 0 fully saturated rings. The Morgan fingerprint density at radius 2 is 0.971 bits per heavy atom. The van der Waals surface area contributed by atoms with Crippen molar-refractivity contribution in [1.29, 1.82) is 0 Å². The highest BCUT2D eigenvalue weighted by Gasteiger charge is 2.42. The van der Waals surface area contributed by atoms with E-state index < -0.39 is 24.2 Å². The second-order valence-corrected chi connectivity index (χ2v) is 27.7. The minimum absolute atomic E-state index is 0.446. The summed E-state index contributed by atoms with van der Waals surface area (Å²) in [5.41, 5.74) is 2.95. The lowest BCUT2D eigenvalue weighted by molar-refractivity contribution is 0.490. The first-order chi connectivity index (χ1) is 16.2. The molecule has 0 N–H and O–H groups in total. The minimum atomic E-state index is -1.88. The maximum Gasteiger partial charge on any atom is 0.104 e. The molecular formula is C30H44O2Si3. The van der Waals surface area contributed by atoms with E-state index in [0.29, 0.717) is 11.8 Å². The lowest BCUT2D eigenvalue weighted by atomic mass is 9.98. The normalized spacial score (nSPS) is 21.2. The summed E-state index contributed by atoms with van der Waals surface area (Å²) in [4.78, 5) is 0. The summed E-state index contributed by atoms with van der Waals surface area (Å²) in [7, 11) is -4.76. The zero-order valence-corrected chi connectivity index (χ0v) is 26.5. The first kappa shape index (κ1) is 26.2. The summed E-state index contributed by atoms with van der Waals surface area (Å²) in [6.07, 6.45) is 15.4. The molecule has 0 spiro atoms. The molecule has 4 rings (SSSR count). The van der Waals surface area contributed by atoms with Crippen molar-refractivity contribution < 1.29 is 8.83 Å². The average molecular weight is 521 g/mol. The largest absolute Gasteiger partial charge is 0.469 e. The van der Waals surface area contributed by atoms with E-state index in [0.717, 1.165) is 12.8 Å². The summed E-state index contributed by atoms with van der Waals surface area (Å²) in [6.45, 7) is 24.2. The molecule has 0 aliphatic heterocycles. The Morgan fingerprint density at radius 3 is 1.31 bits per heavy atom. The van der Waals surface area contributed by atoms with E-state index in [1.807, 2.05) is 12.5 Å². The topological polar surface area (TPSA) is 26.3 Å². The molecule has 0 amide bonds. The van der Waals surface area contributed by atoms with Crippen molar-refractivity contribution in [2.45, 2.75) is 79.1 Å². The number of hydrogen-bond donors (Lipinski definition) is 0. The predicted octanol–water partition coefficient (Wildman–Crippen LogP) is 7.54. The lowest BCUT2D eigenvalue weighted by Gasteiger charge is -2.35. The van der Waals surface area contributed by atoms with Crippen LogP contribution in [0.5, 0.6) is 0 Å². The molecule has 0 saturated heterocycles. The van der Waals surface area contributed by atoms with Crippen LogP contribution in [0.15, 0.2) is 79.3 Å². The predicted molar refractivity (Wildman–Crippen MR) is 159 cm³/mol. The van der Waals surface area contributed by atoms with E-state index >= 15 is 0 Å². The Morgan fingerprint density at radius 1 is 0.600 bits per heavy atom. The molecule has 2 atom stereocenters. The van der Waals surface area contributed by atoms with Gasteiger partial charge in [0.1, 0.15) is 19.6 Å². The quantitative estimate of drug-likeness (QED) is 0.336.